The molecule has 1 aromatic rings. The lowest BCUT2D eigenvalue weighted by atomic mass is 10.1. The summed E-state index contributed by atoms with van der Waals surface area (Å²) in [5.74, 6) is 0.285. The van der Waals surface area contributed by atoms with Gasteiger partial charge in [-0.15, -0.1) is 0 Å². The van der Waals surface area contributed by atoms with Crippen molar-refractivity contribution in [2.24, 2.45) is 0 Å². The summed E-state index contributed by atoms with van der Waals surface area (Å²) in [5, 5.41) is 2.99. The van der Waals surface area contributed by atoms with Crippen LogP contribution in [0.1, 0.15) is 26.2 Å². The van der Waals surface area contributed by atoms with E-state index < -0.39 is 21.1 Å². The van der Waals surface area contributed by atoms with E-state index in [2.05, 4.69) is 10.3 Å². The van der Waals surface area contributed by atoms with Gasteiger partial charge in [-0.25, -0.2) is 13.2 Å². The monoisotopic (exact) mass is 316 g/mol. The van der Waals surface area contributed by atoms with E-state index in [0.717, 1.165) is 0 Å². The molecular weight excluding hydrogens is 296 g/mol. The highest BCUT2D eigenvalue weighted by atomic mass is 32.2. The van der Waals surface area contributed by atoms with Gasteiger partial charge in [0.25, 0.3) is 5.56 Å². The van der Waals surface area contributed by atoms with Gasteiger partial charge in [-0.1, -0.05) is 6.92 Å². The fourth-order valence-electron chi connectivity index (χ4n) is 2.41. The topological polar surface area (TPSA) is 127 Å². The van der Waals surface area contributed by atoms with E-state index in [1.165, 1.54) is 4.57 Å². The van der Waals surface area contributed by atoms with Crippen LogP contribution < -0.4 is 22.3 Å². The number of sulfone groups is 1. The number of nitrogens with two attached hydrogens (primary N) is 1. The summed E-state index contributed by atoms with van der Waals surface area (Å²) >= 11 is 0. The number of aromatic amines is 1. The first-order valence-corrected chi connectivity index (χ1v) is 8.75. The third kappa shape index (κ3) is 3.46. The highest BCUT2D eigenvalue weighted by molar-refractivity contribution is 7.91. The number of H-pyrrole nitrogens is 1. The molecule has 1 aromatic heterocycles. The van der Waals surface area contributed by atoms with Gasteiger partial charge >= 0.3 is 5.69 Å². The fourth-order valence-corrected chi connectivity index (χ4v) is 3.90. The van der Waals surface area contributed by atoms with E-state index in [-0.39, 0.29) is 29.1 Å². The van der Waals surface area contributed by atoms with Crippen LogP contribution in [0.3, 0.4) is 0 Å². The molecule has 0 radical (unpaired) electrons. The van der Waals surface area contributed by atoms with Gasteiger partial charge in [0.2, 0.25) is 0 Å². The van der Waals surface area contributed by atoms with Crippen LogP contribution in [0.4, 0.5) is 11.5 Å². The Balaban J connectivity index is 2.26. The van der Waals surface area contributed by atoms with E-state index in [1.54, 1.807) is 0 Å². The van der Waals surface area contributed by atoms with Crippen LogP contribution in [0.15, 0.2) is 9.59 Å². The van der Waals surface area contributed by atoms with E-state index in [0.29, 0.717) is 25.8 Å². The molecule has 1 fully saturated rings. The molecule has 21 heavy (non-hydrogen) atoms. The predicted molar refractivity (Wildman–Crippen MR) is 81.3 cm³/mol. The maximum atomic E-state index is 11.9. The third-order valence-corrected chi connectivity index (χ3v) is 5.31. The third-order valence-electron chi connectivity index (χ3n) is 3.59. The minimum absolute atomic E-state index is 0.0943. The fraction of sp³-hybridized carbons (Fsp3) is 0.667. The Morgan fingerprint density at radius 2 is 1.95 bits per heavy atom. The second-order valence-electron chi connectivity index (χ2n) is 5.24. The van der Waals surface area contributed by atoms with Crippen LogP contribution in [0.5, 0.6) is 0 Å². The smallest absolute Gasteiger partial charge is 0.330 e. The average molecular weight is 316 g/mol. The number of rotatable bonds is 4. The standard InChI is InChI=1S/C12H20N4O4S/c1-2-5-16-10(13)9(11(17)15-12(16)18)14-8-3-6-21(19,20)7-4-8/h8,14H,2-7,13H2,1H3,(H,15,17,18). The van der Waals surface area contributed by atoms with Gasteiger partial charge in [-0.3, -0.25) is 14.3 Å². The molecule has 0 amide bonds. The minimum atomic E-state index is -2.96. The molecule has 8 nitrogen and oxygen atoms in total. The van der Waals surface area contributed by atoms with E-state index >= 15 is 0 Å². The Kier molecular flexibility index (Phi) is 4.40. The lowest BCUT2D eigenvalue weighted by molar-refractivity contribution is 0.558. The van der Waals surface area contributed by atoms with Gasteiger partial charge in [-0.2, -0.15) is 0 Å². The molecule has 0 aliphatic carbocycles. The molecular formula is C12H20N4O4S. The number of hydrogen-bond acceptors (Lipinski definition) is 6. The molecule has 118 valence electrons. The van der Waals surface area contributed by atoms with Gasteiger partial charge in [0.05, 0.1) is 11.5 Å². The average Bonchev–Trinajstić information content (AvgIpc) is 2.41. The first-order chi connectivity index (χ1) is 9.84. The summed E-state index contributed by atoms with van der Waals surface area (Å²) in [7, 11) is -2.96. The molecule has 4 N–H and O–H groups in total. The molecule has 1 aliphatic heterocycles. The first kappa shape index (κ1) is 15.6. The van der Waals surface area contributed by atoms with Crippen LogP contribution in [0.2, 0.25) is 0 Å². The number of nitrogens with one attached hydrogen (secondary N) is 2. The van der Waals surface area contributed by atoms with Crippen LogP contribution in [0.25, 0.3) is 0 Å². The van der Waals surface area contributed by atoms with Crippen LogP contribution in [-0.4, -0.2) is 35.5 Å². The van der Waals surface area contributed by atoms with Crippen molar-refractivity contribution < 1.29 is 8.42 Å². The Morgan fingerprint density at radius 3 is 2.52 bits per heavy atom. The highest BCUT2D eigenvalue weighted by Crippen LogP contribution is 2.18. The lowest BCUT2D eigenvalue weighted by Gasteiger charge is -2.24. The van der Waals surface area contributed by atoms with E-state index in [9.17, 15) is 18.0 Å². The van der Waals surface area contributed by atoms with Crippen molar-refractivity contribution in [3.05, 3.63) is 20.8 Å². The molecule has 2 heterocycles. The SMILES string of the molecule is CCCn1c(N)c(NC2CCS(=O)(=O)CC2)c(=O)[nH]c1=O. The van der Waals surface area contributed by atoms with E-state index in [1.807, 2.05) is 6.92 Å². The number of hydrogen-bond donors (Lipinski definition) is 3. The van der Waals surface area contributed by atoms with Crippen molar-refractivity contribution in [3.63, 3.8) is 0 Å². The predicted octanol–water partition coefficient (Wildman–Crippen LogP) is -0.482. The van der Waals surface area contributed by atoms with Gasteiger partial charge in [0, 0.05) is 12.6 Å². The quantitative estimate of drug-likeness (QED) is 0.688. The summed E-state index contributed by atoms with van der Waals surface area (Å²) in [6.45, 7) is 2.31. The van der Waals surface area contributed by atoms with Crippen molar-refractivity contribution in [2.45, 2.75) is 38.8 Å². The molecule has 9 heteroatoms. The normalized spacial score (nSPS) is 18.5. The summed E-state index contributed by atoms with van der Waals surface area (Å²) in [6, 6.07) is -0.135. The molecule has 0 bridgehead atoms. The first-order valence-electron chi connectivity index (χ1n) is 6.93. The Bertz CT molecular complexity index is 721. The van der Waals surface area contributed by atoms with Crippen molar-refractivity contribution in [1.29, 1.82) is 0 Å². The Hall–Kier alpha value is -1.77. The summed E-state index contributed by atoms with van der Waals surface area (Å²) in [6.07, 6.45) is 1.56. The van der Waals surface area contributed by atoms with Crippen LogP contribution >= 0.6 is 0 Å². The van der Waals surface area contributed by atoms with Crippen molar-refractivity contribution in [2.75, 3.05) is 22.6 Å². The Labute approximate surface area is 122 Å². The largest absolute Gasteiger partial charge is 0.383 e. The zero-order valence-corrected chi connectivity index (χ0v) is 12.7. The number of nitrogen functional groups attached to an aromatic ring is 1. The minimum Gasteiger partial charge on any atom is -0.383 e. The van der Waals surface area contributed by atoms with Gasteiger partial charge in [0.15, 0.2) is 0 Å². The van der Waals surface area contributed by atoms with Crippen molar-refractivity contribution >= 4 is 21.3 Å². The van der Waals surface area contributed by atoms with Crippen LogP contribution in [-0.2, 0) is 16.4 Å². The maximum Gasteiger partial charge on any atom is 0.330 e. The van der Waals surface area contributed by atoms with Gasteiger partial charge < -0.3 is 11.1 Å². The molecule has 0 spiro atoms. The molecule has 0 saturated carbocycles. The highest BCUT2D eigenvalue weighted by Gasteiger charge is 2.25. The number of anilines is 2. The van der Waals surface area contributed by atoms with Crippen LogP contribution in [0, 0.1) is 0 Å². The maximum absolute atomic E-state index is 11.9. The molecule has 1 saturated heterocycles. The lowest BCUT2D eigenvalue weighted by Crippen LogP contribution is -2.38. The second kappa shape index (κ2) is 5.92. The van der Waals surface area contributed by atoms with Gasteiger partial charge in [-0.05, 0) is 19.3 Å². The molecule has 0 aromatic carbocycles. The number of aromatic nitrogens is 2. The second-order valence-corrected chi connectivity index (χ2v) is 7.55. The Morgan fingerprint density at radius 1 is 1.33 bits per heavy atom. The van der Waals surface area contributed by atoms with E-state index in [4.69, 9.17) is 5.73 Å². The molecule has 1 aliphatic rings. The molecule has 0 unspecified atom stereocenters. The number of nitrogens with zero attached hydrogens (tertiary/aromatic N) is 1. The summed E-state index contributed by atoms with van der Waals surface area (Å²) in [5.41, 5.74) is 4.95. The van der Waals surface area contributed by atoms with Gasteiger partial charge in [0.1, 0.15) is 21.3 Å². The van der Waals surface area contributed by atoms with Crippen molar-refractivity contribution in [1.82, 2.24) is 9.55 Å². The molecule has 0 atom stereocenters. The molecule has 2 rings (SSSR count). The summed E-state index contributed by atoms with van der Waals surface area (Å²) < 4.78 is 24.1. The summed E-state index contributed by atoms with van der Waals surface area (Å²) in [4.78, 5) is 25.8. The zero-order valence-electron chi connectivity index (χ0n) is 11.9. The zero-order chi connectivity index (χ0) is 15.6. The van der Waals surface area contributed by atoms with Crippen molar-refractivity contribution in [3.8, 4) is 0 Å².